The number of carbonyl (C=O) groups is 2. The summed E-state index contributed by atoms with van der Waals surface area (Å²) in [5.41, 5.74) is 0. The minimum atomic E-state index is -0.830. The summed E-state index contributed by atoms with van der Waals surface area (Å²) in [5.74, 6) is -0.279. The molecular formula is C17H30N2O3. The lowest BCUT2D eigenvalue weighted by Crippen LogP contribution is -2.46. The average molecular weight is 310 g/mol. The van der Waals surface area contributed by atoms with E-state index >= 15 is 0 Å². The van der Waals surface area contributed by atoms with Crippen LogP contribution in [0.1, 0.15) is 64.2 Å². The molecule has 1 saturated carbocycles. The Balaban J connectivity index is 1.64. The Morgan fingerprint density at radius 1 is 1.05 bits per heavy atom. The van der Waals surface area contributed by atoms with E-state index in [9.17, 15) is 9.59 Å². The summed E-state index contributed by atoms with van der Waals surface area (Å²) < 4.78 is 0. The van der Waals surface area contributed by atoms with Gasteiger partial charge in [0, 0.05) is 32.0 Å². The minimum Gasteiger partial charge on any atom is -0.481 e. The van der Waals surface area contributed by atoms with Gasteiger partial charge in [-0.1, -0.05) is 19.3 Å². The van der Waals surface area contributed by atoms with Crippen molar-refractivity contribution in [2.45, 2.75) is 70.3 Å². The molecule has 1 aliphatic carbocycles. The number of amides is 1. The third-order valence-corrected chi connectivity index (χ3v) is 5.02. The van der Waals surface area contributed by atoms with E-state index in [0.29, 0.717) is 18.8 Å². The molecule has 0 unspecified atom stereocenters. The summed E-state index contributed by atoms with van der Waals surface area (Å²) in [7, 11) is 0. The zero-order chi connectivity index (χ0) is 15.8. The van der Waals surface area contributed by atoms with Crippen LogP contribution in [0.25, 0.3) is 0 Å². The second-order valence-corrected chi connectivity index (χ2v) is 6.85. The Labute approximate surface area is 133 Å². The average Bonchev–Trinajstić information content (AvgIpc) is 2.54. The second-order valence-electron chi connectivity index (χ2n) is 6.85. The number of carboxylic acids is 1. The first-order valence-corrected chi connectivity index (χ1v) is 8.87. The van der Waals surface area contributed by atoms with Gasteiger partial charge in [0.05, 0.1) is 0 Å². The number of aliphatic carboxylic acids is 1. The van der Waals surface area contributed by atoms with Gasteiger partial charge in [0.25, 0.3) is 0 Å². The Hall–Kier alpha value is -1.10. The summed E-state index contributed by atoms with van der Waals surface area (Å²) in [6, 6.07) is 0.766. The molecule has 2 aliphatic rings. The molecule has 2 rings (SSSR count). The molecule has 5 heteroatoms. The number of hydrogen-bond acceptors (Lipinski definition) is 3. The maximum atomic E-state index is 11.7. The highest BCUT2D eigenvalue weighted by Crippen LogP contribution is 2.26. The molecule has 1 amide bonds. The molecule has 0 aromatic rings. The lowest BCUT2D eigenvalue weighted by Gasteiger charge is -2.40. The summed E-state index contributed by atoms with van der Waals surface area (Å²) in [6.45, 7) is 3.07. The summed E-state index contributed by atoms with van der Waals surface area (Å²) >= 11 is 0. The van der Waals surface area contributed by atoms with Gasteiger partial charge in [-0.05, 0) is 44.6 Å². The van der Waals surface area contributed by atoms with E-state index < -0.39 is 5.97 Å². The van der Waals surface area contributed by atoms with Crippen molar-refractivity contribution in [2.75, 3.05) is 19.6 Å². The maximum absolute atomic E-state index is 11.7. The quantitative estimate of drug-likeness (QED) is 0.757. The van der Waals surface area contributed by atoms with E-state index in [2.05, 4.69) is 10.2 Å². The van der Waals surface area contributed by atoms with Gasteiger partial charge in [-0.2, -0.15) is 0 Å². The van der Waals surface area contributed by atoms with Crippen molar-refractivity contribution in [1.29, 1.82) is 0 Å². The predicted octanol–water partition coefficient (Wildman–Crippen LogP) is 2.40. The van der Waals surface area contributed by atoms with Gasteiger partial charge < -0.3 is 15.3 Å². The highest BCUT2D eigenvalue weighted by Gasteiger charge is 2.26. The van der Waals surface area contributed by atoms with Crippen LogP contribution >= 0.6 is 0 Å². The molecule has 2 N–H and O–H groups in total. The Morgan fingerprint density at radius 2 is 1.82 bits per heavy atom. The minimum absolute atomic E-state index is 0.00367. The summed E-state index contributed by atoms with van der Waals surface area (Å²) in [6.07, 6.45) is 10.1. The van der Waals surface area contributed by atoms with Crippen molar-refractivity contribution in [3.63, 3.8) is 0 Å². The van der Waals surface area contributed by atoms with Gasteiger partial charge in [-0.3, -0.25) is 9.59 Å². The van der Waals surface area contributed by atoms with E-state index in [1.165, 1.54) is 51.5 Å². The molecule has 1 saturated heterocycles. The smallest absolute Gasteiger partial charge is 0.303 e. The van der Waals surface area contributed by atoms with E-state index in [0.717, 1.165) is 19.1 Å². The molecule has 126 valence electrons. The molecule has 22 heavy (non-hydrogen) atoms. The van der Waals surface area contributed by atoms with Crippen molar-refractivity contribution in [3.8, 4) is 0 Å². The predicted molar refractivity (Wildman–Crippen MR) is 85.7 cm³/mol. The lowest BCUT2D eigenvalue weighted by atomic mass is 9.90. The number of piperidine rings is 1. The monoisotopic (exact) mass is 310 g/mol. The van der Waals surface area contributed by atoms with Crippen LogP contribution in [-0.2, 0) is 9.59 Å². The molecule has 0 bridgehead atoms. The van der Waals surface area contributed by atoms with E-state index in [-0.39, 0.29) is 12.3 Å². The Morgan fingerprint density at radius 3 is 2.55 bits per heavy atom. The molecule has 0 aromatic heterocycles. The maximum Gasteiger partial charge on any atom is 0.303 e. The molecule has 2 fully saturated rings. The number of hydrogen-bond donors (Lipinski definition) is 2. The van der Waals surface area contributed by atoms with Gasteiger partial charge in [0.15, 0.2) is 0 Å². The number of rotatable bonds is 7. The number of nitrogens with one attached hydrogen (secondary N) is 1. The van der Waals surface area contributed by atoms with Crippen LogP contribution < -0.4 is 5.32 Å². The number of likely N-dealkylation sites (tertiary alicyclic amines) is 1. The number of carbonyl (C=O) groups excluding carboxylic acids is 1. The van der Waals surface area contributed by atoms with Gasteiger partial charge in [0.1, 0.15) is 0 Å². The van der Waals surface area contributed by atoms with E-state index in [4.69, 9.17) is 5.11 Å². The van der Waals surface area contributed by atoms with Crippen LogP contribution in [0.5, 0.6) is 0 Å². The number of carboxylic acid groups (broad SMARTS) is 1. The third kappa shape index (κ3) is 5.95. The largest absolute Gasteiger partial charge is 0.481 e. The van der Waals surface area contributed by atoms with Crippen molar-refractivity contribution >= 4 is 11.9 Å². The first-order chi connectivity index (χ1) is 10.6. The van der Waals surface area contributed by atoms with E-state index in [1.54, 1.807) is 0 Å². The lowest BCUT2D eigenvalue weighted by molar-refractivity contribution is -0.137. The fourth-order valence-corrected chi connectivity index (χ4v) is 3.79. The van der Waals surface area contributed by atoms with Gasteiger partial charge >= 0.3 is 5.97 Å². The topological polar surface area (TPSA) is 69.6 Å². The highest BCUT2D eigenvalue weighted by atomic mass is 16.4. The molecule has 1 atom stereocenters. The fraction of sp³-hybridized carbons (Fsp3) is 0.882. The standard InChI is InChI=1S/C17H30N2O3/c20-16(9-4-10-17(21)22)18-12-14-6-5-11-19(13-14)15-7-2-1-3-8-15/h14-15H,1-13H2,(H,18,20)(H,21,22)/t14-/m1/s1. The third-order valence-electron chi connectivity index (χ3n) is 5.02. The van der Waals surface area contributed by atoms with Crippen molar-refractivity contribution in [1.82, 2.24) is 10.2 Å². The normalized spacial score (nSPS) is 24.1. The SMILES string of the molecule is O=C(O)CCCC(=O)NC[C@H]1CCCN(C2CCCCC2)C1. The van der Waals surface area contributed by atoms with Crippen LogP contribution in [0.2, 0.25) is 0 Å². The van der Waals surface area contributed by atoms with Gasteiger partial charge in [-0.15, -0.1) is 0 Å². The first kappa shape index (κ1) is 17.3. The number of nitrogens with zero attached hydrogens (tertiary/aromatic N) is 1. The van der Waals surface area contributed by atoms with Crippen LogP contribution in [-0.4, -0.2) is 47.6 Å². The van der Waals surface area contributed by atoms with Crippen LogP contribution in [0.4, 0.5) is 0 Å². The Bertz CT molecular complexity index is 367. The molecule has 0 radical (unpaired) electrons. The molecule has 0 spiro atoms. The zero-order valence-corrected chi connectivity index (χ0v) is 13.6. The molecular weight excluding hydrogens is 280 g/mol. The Kier molecular flexibility index (Phi) is 7.16. The summed E-state index contributed by atoms with van der Waals surface area (Å²) in [5, 5.41) is 11.6. The van der Waals surface area contributed by atoms with Gasteiger partial charge in [-0.25, -0.2) is 0 Å². The van der Waals surface area contributed by atoms with E-state index in [1.807, 2.05) is 0 Å². The molecule has 1 heterocycles. The molecule has 1 aliphatic heterocycles. The zero-order valence-electron chi connectivity index (χ0n) is 13.6. The molecule has 0 aromatic carbocycles. The van der Waals surface area contributed by atoms with Crippen LogP contribution in [0, 0.1) is 5.92 Å². The van der Waals surface area contributed by atoms with Gasteiger partial charge in [0.2, 0.25) is 5.91 Å². The highest BCUT2D eigenvalue weighted by molar-refractivity contribution is 5.76. The first-order valence-electron chi connectivity index (χ1n) is 8.87. The van der Waals surface area contributed by atoms with Crippen LogP contribution in [0.15, 0.2) is 0 Å². The van der Waals surface area contributed by atoms with Crippen molar-refractivity contribution in [2.24, 2.45) is 5.92 Å². The van der Waals surface area contributed by atoms with Crippen LogP contribution in [0.3, 0.4) is 0 Å². The molecule has 5 nitrogen and oxygen atoms in total. The fourth-order valence-electron chi connectivity index (χ4n) is 3.79. The second kappa shape index (κ2) is 9.13. The van der Waals surface area contributed by atoms with Crippen molar-refractivity contribution < 1.29 is 14.7 Å². The van der Waals surface area contributed by atoms with Crippen molar-refractivity contribution in [3.05, 3.63) is 0 Å². The summed E-state index contributed by atoms with van der Waals surface area (Å²) in [4.78, 5) is 24.8.